The average molecular weight is 194 g/mol. The molecular formula is C8H6N2O2S. The van der Waals surface area contributed by atoms with Crippen molar-refractivity contribution in [1.82, 2.24) is 5.32 Å². The molecule has 1 aliphatic rings. The van der Waals surface area contributed by atoms with Crippen LogP contribution in [0.15, 0.2) is 12.1 Å². The molecule has 4 nitrogen and oxygen atoms in total. The van der Waals surface area contributed by atoms with Crippen LogP contribution in [0.1, 0.15) is 15.9 Å². The average Bonchev–Trinajstić information content (AvgIpc) is 2.71. The Bertz CT molecular complexity index is 380. The molecule has 1 unspecified atom stereocenters. The Morgan fingerprint density at radius 2 is 2.54 bits per heavy atom. The molecule has 66 valence electrons. The highest BCUT2D eigenvalue weighted by Gasteiger charge is 2.25. The van der Waals surface area contributed by atoms with Crippen LogP contribution in [0, 0.1) is 11.3 Å². The normalized spacial score (nSPS) is 20.5. The van der Waals surface area contributed by atoms with E-state index >= 15 is 0 Å². The van der Waals surface area contributed by atoms with Crippen LogP contribution in [0.2, 0.25) is 0 Å². The summed E-state index contributed by atoms with van der Waals surface area (Å²) in [5.74, 6) is 0. The van der Waals surface area contributed by atoms with Gasteiger partial charge in [-0.05, 0) is 12.1 Å². The van der Waals surface area contributed by atoms with Gasteiger partial charge in [0.2, 0.25) is 0 Å². The molecule has 0 saturated carbocycles. The number of cyclic esters (lactones) is 1. The van der Waals surface area contributed by atoms with Gasteiger partial charge in [-0.1, -0.05) is 0 Å². The quantitative estimate of drug-likeness (QED) is 0.735. The number of nitriles is 1. The topological polar surface area (TPSA) is 62.1 Å². The van der Waals surface area contributed by atoms with Crippen molar-refractivity contribution in [3.05, 3.63) is 21.9 Å². The van der Waals surface area contributed by atoms with E-state index in [1.165, 1.54) is 11.3 Å². The first-order chi connectivity index (χ1) is 6.29. The summed E-state index contributed by atoms with van der Waals surface area (Å²) >= 11 is 1.35. The summed E-state index contributed by atoms with van der Waals surface area (Å²) in [6.45, 7) is 0.490. The fraction of sp³-hybridized carbons (Fsp3) is 0.250. The van der Waals surface area contributed by atoms with Crippen LogP contribution in [-0.2, 0) is 4.74 Å². The summed E-state index contributed by atoms with van der Waals surface area (Å²) in [6.07, 6.45) is -0.614. The Balaban J connectivity index is 2.18. The van der Waals surface area contributed by atoms with Crippen LogP contribution in [0.25, 0.3) is 0 Å². The van der Waals surface area contributed by atoms with Crippen molar-refractivity contribution in [1.29, 1.82) is 5.26 Å². The van der Waals surface area contributed by atoms with Gasteiger partial charge in [0.25, 0.3) is 0 Å². The van der Waals surface area contributed by atoms with Crippen LogP contribution in [0.4, 0.5) is 4.79 Å². The standard InChI is InChI=1S/C8H6N2O2S/c9-3-5-1-2-7(13-5)6-4-10-8(11)12-6/h1-2,6H,4H2,(H,10,11). The number of hydrogen-bond acceptors (Lipinski definition) is 4. The van der Waals surface area contributed by atoms with Gasteiger partial charge >= 0.3 is 6.09 Å². The Morgan fingerprint density at radius 3 is 3.08 bits per heavy atom. The Labute approximate surface area is 78.7 Å². The maximum absolute atomic E-state index is 10.7. The summed E-state index contributed by atoms with van der Waals surface area (Å²) in [5.41, 5.74) is 0. The molecule has 1 aliphatic heterocycles. The predicted octanol–water partition coefficient (Wildman–Crippen LogP) is 1.40. The molecule has 1 fully saturated rings. The molecule has 0 radical (unpaired) electrons. The Kier molecular flexibility index (Phi) is 1.91. The van der Waals surface area contributed by atoms with Crippen LogP contribution in [-0.4, -0.2) is 12.6 Å². The molecule has 1 aromatic heterocycles. The number of ether oxygens (including phenoxy) is 1. The van der Waals surface area contributed by atoms with Crippen molar-refractivity contribution >= 4 is 17.4 Å². The minimum Gasteiger partial charge on any atom is -0.439 e. The van der Waals surface area contributed by atoms with Crippen LogP contribution >= 0.6 is 11.3 Å². The van der Waals surface area contributed by atoms with Crippen molar-refractivity contribution < 1.29 is 9.53 Å². The third kappa shape index (κ3) is 1.48. The van der Waals surface area contributed by atoms with Crippen molar-refractivity contribution in [3.63, 3.8) is 0 Å². The molecule has 1 N–H and O–H groups in total. The second-order valence-electron chi connectivity index (χ2n) is 2.59. The highest BCUT2D eigenvalue weighted by atomic mass is 32.1. The number of carbonyl (C=O) groups excluding carboxylic acids is 1. The van der Waals surface area contributed by atoms with Crippen molar-refractivity contribution in [2.75, 3.05) is 6.54 Å². The Morgan fingerprint density at radius 1 is 1.69 bits per heavy atom. The van der Waals surface area contributed by atoms with Gasteiger partial charge < -0.3 is 10.1 Å². The molecule has 1 saturated heterocycles. The molecule has 1 atom stereocenters. The first kappa shape index (κ1) is 8.08. The second-order valence-corrected chi connectivity index (χ2v) is 3.70. The lowest BCUT2D eigenvalue weighted by molar-refractivity contribution is 0.142. The summed E-state index contributed by atoms with van der Waals surface area (Å²) in [4.78, 5) is 12.3. The molecular weight excluding hydrogens is 188 g/mol. The highest BCUT2D eigenvalue weighted by molar-refractivity contribution is 7.12. The molecule has 0 aliphatic carbocycles. The zero-order chi connectivity index (χ0) is 9.26. The van der Waals surface area contributed by atoms with Gasteiger partial charge in [-0.25, -0.2) is 4.79 Å². The molecule has 0 bridgehead atoms. The van der Waals surface area contributed by atoms with Gasteiger partial charge in [-0.2, -0.15) is 5.26 Å². The fourth-order valence-electron chi connectivity index (χ4n) is 1.13. The maximum Gasteiger partial charge on any atom is 0.407 e. The lowest BCUT2D eigenvalue weighted by atomic mass is 10.3. The minimum absolute atomic E-state index is 0.223. The highest BCUT2D eigenvalue weighted by Crippen LogP contribution is 2.27. The zero-order valence-electron chi connectivity index (χ0n) is 6.61. The maximum atomic E-state index is 10.7. The molecule has 13 heavy (non-hydrogen) atoms. The van der Waals surface area contributed by atoms with Gasteiger partial charge in [-0.15, -0.1) is 11.3 Å². The van der Waals surface area contributed by atoms with Crippen LogP contribution in [0.3, 0.4) is 0 Å². The van der Waals surface area contributed by atoms with E-state index in [4.69, 9.17) is 10.00 Å². The molecule has 1 amide bonds. The van der Waals surface area contributed by atoms with Gasteiger partial charge in [0, 0.05) is 4.88 Å². The zero-order valence-corrected chi connectivity index (χ0v) is 7.43. The monoisotopic (exact) mass is 194 g/mol. The first-order valence-electron chi connectivity index (χ1n) is 3.74. The minimum atomic E-state index is -0.392. The second kappa shape index (κ2) is 3.07. The van der Waals surface area contributed by atoms with E-state index in [0.717, 1.165) is 4.88 Å². The lowest BCUT2D eigenvalue weighted by Crippen LogP contribution is -2.12. The predicted molar refractivity (Wildman–Crippen MR) is 46.3 cm³/mol. The first-order valence-corrected chi connectivity index (χ1v) is 4.55. The summed E-state index contributed by atoms with van der Waals surface area (Å²) in [5, 5.41) is 11.1. The number of alkyl carbamates (subject to hydrolysis) is 1. The third-order valence-electron chi connectivity index (χ3n) is 1.74. The van der Waals surface area contributed by atoms with Gasteiger partial charge in [0.15, 0.2) is 6.10 Å². The van der Waals surface area contributed by atoms with Crippen molar-refractivity contribution in [2.45, 2.75) is 6.10 Å². The van der Waals surface area contributed by atoms with E-state index in [2.05, 4.69) is 5.32 Å². The van der Waals surface area contributed by atoms with E-state index < -0.39 is 6.09 Å². The van der Waals surface area contributed by atoms with E-state index in [9.17, 15) is 4.79 Å². The number of hydrogen-bond donors (Lipinski definition) is 1. The largest absolute Gasteiger partial charge is 0.439 e. The number of thiophene rings is 1. The number of amides is 1. The molecule has 1 aromatic rings. The molecule has 2 rings (SSSR count). The molecule has 5 heteroatoms. The van der Waals surface area contributed by atoms with Gasteiger partial charge in [0.1, 0.15) is 10.9 Å². The van der Waals surface area contributed by atoms with Crippen molar-refractivity contribution in [2.24, 2.45) is 0 Å². The molecule has 2 heterocycles. The summed E-state index contributed by atoms with van der Waals surface area (Å²) in [7, 11) is 0. The summed E-state index contributed by atoms with van der Waals surface area (Å²) < 4.78 is 4.96. The van der Waals surface area contributed by atoms with E-state index in [0.29, 0.717) is 11.4 Å². The van der Waals surface area contributed by atoms with Gasteiger partial charge in [-0.3, -0.25) is 0 Å². The lowest BCUT2D eigenvalue weighted by Gasteiger charge is -2.02. The van der Waals surface area contributed by atoms with Crippen molar-refractivity contribution in [3.8, 4) is 6.07 Å². The molecule has 0 spiro atoms. The number of rotatable bonds is 1. The van der Waals surface area contributed by atoms with E-state index in [1.807, 2.05) is 12.1 Å². The SMILES string of the molecule is N#Cc1ccc(C2CNC(=O)O2)s1. The van der Waals surface area contributed by atoms with Crippen LogP contribution < -0.4 is 5.32 Å². The fourth-order valence-corrected chi connectivity index (χ4v) is 1.97. The third-order valence-corrected chi connectivity index (χ3v) is 2.82. The smallest absolute Gasteiger partial charge is 0.407 e. The number of nitrogens with zero attached hydrogens (tertiary/aromatic N) is 1. The van der Waals surface area contributed by atoms with E-state index in [1.54, 1.807) is 6.07 Å². The molecule has 0 aromatic carbocycles. The van der Waals surface area contributed by atoms with E-state index in [-0.39, 0.29) is 6.10 Å². The number of nitrogens with one attached hydrogen (secondary N) is 1. The summed E-state index contributed by atoms with van der Waals surface area (Å²) in [6, 6.07) is 5.58. The number of carbonyl (C=O) groups is 1. The Hall–Kier alpha value is -1.54. The van der Waals surface area contributed by atoms with Crippen LogP contribution in [0.5, 0.6) is 0 Å². The van der Waals surface area contributed by atoms with Gasteiger partial charge in [0.05, 0.1) is 6.54 Å².